The van der Waals surface area contributed by atoms with Crippen molar-refractivity contribution in [3.05, 3.63) is 17.3 Å². The van der Waals surface area contributed by atoms with Crippen molar-refractivity contribution in [3.63, 3.8) is 0 Å². The van der Waals surface area contributed by atoms with Crippen LogP contribution in [0.15, 0.2) is 6.20 Å². The van der Waals surface area contributed by atoms with Crippen molar-refractivity contribution in [2.24, 2.45) is 0 Å². The van der Waals surface area contributed by atoms with Gasteiger partial charge in [0.2, 0.25) is 5.28 Å². The summed E-state index contributed by atoms with van der Waals surface area (Å²) in [6, 6.07) is 0. The van der Waals surface area contributed by atoms with Crippen molar-refractivity contribution >= 4 is 23.1 Å². The average molecular weight is 227 g/mol. The van der Waals surface area contributed by atoms with E-state index in [4.69, 9.17) is 17.3 Å². The Kier molecular flexibility index (Phi) is 2.59. The molecule has 0 fully saturated rings. The minimum atomic E-state index is 0.125. The molecule has 0 saturated carbocycles. The molecule has 2 aromatic rings. The van der Waals surface area contributed by atoms with E-state index in [1.165, 1.54) is 6.20 Å². The van der Waals surface area contributed by atoms with Crippen molar-refractivity contribution in [2.75, 3.05) is 11.1 Å². The van der Waals surface area contributed by atoms with Crippen LogP contribution in [0.2, 0.25) is 5.28 Å². The summed E-state index contributed by atoms with van der Waals surface area (Å²) in [5, 5.41) is 16.3. The number of halogens is 1. The van der Waals surface area contributed by atoms with E-state index in [2.05, 4.69) is 35.9 Å². The third-order valence-corrected chi connectivity index (χ3v) is 1.77. The molecule has 0 unspecified atom stereocenters. The summed E-state index contributed by atoms with van der Waals surface area (Å²) < 4.78 is 0. The highest BCUT2D eigenvalue weighted by Crippen LogP contribution is 2.15. The number of aromatic nitrogens is 6. The van der Waals surface area contributed by atoms with Gasteiger partial charge in [0.05, 0.1) is 18.4 Å². The van der Waals surface area contributed by atoms with Crippen molar-refractivity contribution in [3.8, 4) is 0 Å². The van der Waals surface area contributed by atoms with Crippen LogP contribution in [0.3, 0.4) is 0 Å². The van der Waals surface area contributed by atoms with Crippen molar-refractivity contribution in [1.29, 1.82) is 0 Å². The smallest absolute Gasteiger partial charge is 0.224 e. The monoisotopic (exact) mass is 226 g/mol. The van der Waals surface area contributed by atoms with Gasteiger partial charge in [0.15, 0.2) is 11.6 Å². The van der Waals surface area contributed by atoms with Gasteiger partial charge in [-0.2, -0.15) is 10.2 Å². The molecule has 0 saturated heterocycles. The van der Waals surface area contributed by atoms with Crippen molar-refractivity contribution in [1.82, 2.24) is 30.6 Å². The summed E-state index contributed by atoms with van der Waals surface area (Å²) in [4.78, 5) is 7.63. The van der Waals surface area contributed by atoms with Crippen LogP contribution < -0.4 is 11.1 Å². The van der Waals surface area contributed by atoms with Crippen LogP contribution in [-0.2, 0) is 6.54 Å². The molecule has 15 heavy (non-hydrogen) atoms. The van der Waals surface area contributed by atoms with Gasteiger partial charge < -0.3 is 11.1 Å². The van der Waals surface area contributed by atoms with Gasteiger partial charge in [-0.05, 0) is 11.6 Å². The zero-order chi connectivity index (χ0) is 10.7. The number of anilines is 2. The molecule has 0 aromatic carbocycles. The normalized spacial score (nSPS) is 10.2. The van der Waals surface area contributed by atoms with Gasteiger partial charge in [-0.15, -0.1) is 10.2 Å². The molecule has 0 aliphatic heterocycles. The number of aromatic amines is 1. The van der Waals surface area contributed by atoms with Crippen LogP contribution >= 0.6 is 11.6 Å². The van der Waals surface area contributed by atoms with Crippen molar-refractivity contribution in [2.45, 2.75) is 6.54 Å². The Balaban J connectivity index is 2.07. The molecule has 78 valence electrons. The number of hydrogen-bond acceptors (Lipinski definition) is 7. The van der Waals surface area contributed by atoms with Crippen LogP contribution in [0.5, 0.6) is 0 Å². The fourth-order valence-corrected chi connectivity index (χ4v) is 1.06. The van der Waals surface area contributed by atoms with Crippen LogP contribution in [0.25, 0.3) is 0 Å². The number of nitrogens with two attached hydrogens (primary N) is 1. The second-order valence-electron chi connectivity index (χ2n) is 2.62. The number of nitrogens with one attached hydrogen (secondary N) is 2. The van der Waals surface area contributed by atoms with E-state index in [-0.39, 0.29) is 5.28 Å². The second kappa shape index (κ2) is 4.05. The van der Waals surface area contributed by atoms with E-state index >= 15 is 0 Å². The fraction of sp³-hybridized carbons (Fsp3) is 0.167. The number of hydrogen-bond donors (Lipinski definition) is 3. The van der Waals surface area contributed by atoms with Crippen molar-refractivity contribution < 1.29 is 0 Å². The predicted molar refractivity (Wildman–Crippen MR) is 53.0 cm³/mol. The largest absolute Gasteiger partial charge is 0.394 e. The van der Waals surface area contributed by atoms with Gasteiger partial charge >= 0.3 is 0 Å². The summed E-state index contributed by atoms with van der Waals surface area (Å²) in [5.41, 5.74) is 6.02. The first-order valence-corrected chi connectivity index (χ1v) is 4.37. The molecule has 4 N–H and O–H groups in total. The molecule has 0 spiro atoms. The SMILES string of the molecule is Nc1cnc(Cl)nc1NCc1nn[nH]n1. The first-order valence-electron chi connectivity index (χ1n) is 4.00. The first-order chi connectivity index (χ1) is 7.25. The number of nitrogens with zero attached hydrogens (tertiary/aromatic N) is 5. The van der Waals surface area contributed by atoms with Gasteiger partial charge in [-0.25, -0.2) is 4.98 Å². The Labute approximate surface area is 89.3 Å². The second-order valence-corrected chi connectivity index (χ2v) is 2.96. The van der Waals surface area contributed by atoms with Gasteiger partial charge in [0.1, 0.15) is 0 Å². The lowest BCUT2D eigenvalue weighted by Crippen LogP contribution is -2.06. The topological polar surface area (TPSA) is 118 Å². The van der Waals surface area contributed by atoms with E-state index in [0.29, 0.717) is 23.9 Å². The lowest BCUT2D eigenvalue weighted by Gasteiger charge is -2.04. The molecule has 0 bridgehead atoms. The maximum Gasteiger partial charge on any atom is 0.224 e. The summed E-state index contributed by atoms with van der Waals surface area (Å²) in [6.07, 6.45) is 1.42. The molecular weight excluding hydrogens is 220 g/mol. The molecular formula is C6H7ClN8. The number of rotatable bonds is 3. The Bertz CT molecular complexity index is 440. The molecule has 0 atom stereocenters. The summed E-state index contributed by atoms with van der Waals surface area (Å²) in [7, 11) is 0. The third kappa shape index (κ3) is 2.29. The maximum absolute atomic E-state index is 5.62. The minimum absolute atomic E-state index is 0.125. The minimum Gasteiger partial charge on any atom is -0.394 e. The van der Waals surface area contributed by atoms with Crippen LogP contribution in [0.1, 0.15) is 5.82 Å². The highest BCUT2D eigenvalue weighted by Gasteiger charge is 2.04. The van der Waals surface area contributed by atoms with Gasteiger partial charge in [0.25, 0.3) is 0 Å². The van der Waals surface area contributed by atoms with E-state index in [9.17, 15) is 0 Å². The highest BCUT2D eigenvalue weighted by molar-refractivity contribution is 6.28. The molecule has 0 aliphatic rings. The van der Waals surface area contributed by atoms with E-state index in [0.717, 1.165) is 0 Å². The number of tetrazole rings is 1. The highest BCUT2D eigenvalue weighted by atomic mass is 35.5. The lowest BCUT2D eigenvalue weighted by molar-refractivity contribution is 0.881. The first kappa shape index (κ1) is 9.59. The zero-order valence-electron chi connectivity index (χ0n) is 7.48. The number of nitrogen functional groups attached to an aromatic ring is 1. The molecule has 0 amide bonds. The van der Waals surface area contributed by atoms with Gasteiger partial charge in [-0.3, -0.25) is 0 Å². The Morgan fingerprint density at radius 1 is 1.53 bits per heavy atom. The van der Waals surface area contributed by atoms with Crippen LogP contribution in [-0.4, -0.2) is 30.6 Å². The Morgan fingerprint density at radius 2 is 2.40 bits per heavy atom. The van der Waals surface area contributed by atoms with Crippen LogP contribution in [0.4, 0.5) is 11.5 Å². The summed E-state index contributed by atoms with van der Waals surface area (Å²) >= 11 is 5.61. The molecule has 2 heterocycles. The van der Waals surface area contributed by atoms with Crippen LogP contribution in [0, 0.1) is 0 Å². The summed E-state index contributed by atoms with van der Waals surface area (Å²) in [6.45, 7) is 0.355. The quantitative estimate of drug-likeness (QED) is 0.622. The molecule has 0 radical (unpaired) electrons. The molecule has 0 aliphatic carbocycles. The maximum atomic E-state index is 5.62. The van der Waals surface area contributed by atoms with E-state index < -0.39 is 0 Å². The lowest BCUT2D eigenvalue weighted by atomic mass is 10.4. The molecule has 2 aromatic heterocycles. The van der Waals surface area contributed by atoms with Gasteiger partial charge in [0, 0.05) is 0 Å². The Hall–Kier alpha value is -1.96. The third-order valence-electron chi connectivity index (χ3n) is 1.59. The Morgan fingerprint density at radius 3 is 3.13 bits per heavy atom. The molecule has 9 heteroatoms. The average Bonchev–Trinajstić information content (AvgIpc) is 2.72. The number of H-pyrrole nitrogens is 1. The molecule has 2 rings (SSSR count). The standard InChI is InChI=1S/C6H7ClN8/c7-6-10-1-3(8)5(11-6)9-2-4-12-14-15-13-4/h1H,2,8H2,(H,9,10,11)(H,12,13,14,15). The molecule has 8 nitrogen and oxygen atoms in total. The summed E-state index contributed by atoms with van der Waals surface area (Å²) in [5.74, 6) is 0.948. The fourth-order valence-electron chi connectivity index (χ4n) is 0.931. The zero-order valence-corrected chi connectivity index (χ0v) is 8.23. The van der Waals surface area contributed by atoms with Gasteiger partial charge in [-0.1, -0.05) is 5.21 Å². The van der Waals surface area contributed by atoms with E-state index in [1.54, 1.807) is 0 Å². The van der Waals surface area contributed by atoms with E-state index in [1.807, 2.05) is 0 Å². The predicted octanol–water partition coefficient (Wildman–Crippen LogP) is -0.163.